The molecule has 4 rings (SSSR count). The normalized spacial score (nSPS) is 24.7. The summed E-state index contributed by atoms with van der Waals surface area (Å²) in [5, 5.41) is 21.5. The number of carbonyl (C=O) groups is 3. The van der Waals surface area contributed by atoms with Crippen LogP contribution in [0.4, 0.5) is 0 Å². The van der Waals surface area contributed by atoms with E-state index in [9.17, 15) is 14.7 Å². The molecule has 2 aliphatic rings. The number of carboxylic acids is 1. The van der Waals surface area contributed by atoms with Gasteiger partial charge in [-0.2, -0.15) is 5.10 Å². The molecule has 0 radical (unpaired) electrons. The maximum Gasteiger partial charge on any atom is 0.312 e. The summed E-state index contributed by atoms with van der Waals surface area (Å²) in [6.07, 6.45) is 3.99. The Bertz CT molecular complexity index is 916. The van der Waals surface area contributed by atoms with Crippen LogP contribution < -0.4 is 0 Å². The summed E-state index contributed by atoms with van der Waals surface area (Å²) in [4.78, 5) is 35.5. The van der Waals surface area contributed by atoms with Gasteiger partial charge in [0.05, 0.1) is 10.4 Å². The summed E-state index contributed by atoms with van der Waals surface area (Å²) in [6, 6.07) is 9.21. The highest BCUT2D eigenvalue weighted by atomic mass is 35.5. The molecule has 3 heterocycles. The molecule has 1 aromatic carbocycles. The number of benzene rings is 1. The Morgan fingerprint density at radius 1 is 1.31 bits per heavy atom. The van der Waals surface area contributed by atoms with Crippen molar-refractivity contribution in [2.75, 3.05) is 0 Å². The van der Waals surface area contributed by atoms with E-state index < -0.39 is 11.4 Å². The van der Waals surface area contributed by atoms with Crippen LogP contribution in [0.15, 0.2) is 36.5 Å². The molecule has 2 fully saturated rings. The largest absolute Gasteiger partial charge is 0.483 e. The van der Waals surface area contributed by atoms with Gasteiger partial charge in [-0.1, -0.05) is 41.9 Å². The van der Waals surface area contributed by atoms with Gasteiger partial charge in [-0.3, -0.25) is 19.1 Å². The third-order valence-electron chi connectivity index (χ3n) is 5.75. The van der Waals surface area contributed by atoms with Crippen molar-refractivity contribution in [2.24, 2.45) is 12.5 Å². The first kappa shape index (κ1) is 20.9. The minimum Gasteiger partial charge on any atom is -0.483 e. The van der Waals surface area contributed by atoms with E-state index in [-0.39, 0.29) is 30.2 Å². The van der Waals surface area contributed by atoms with Crippen molar-refractivity contribution in [1.29, 1.82) is 0 Å². The second-order valence-electron chi connectivity index (χ2n) is 7.39. The number of rotatable bonds is 4. The molecule has 3 atom stereocenters. The molecule has 2 aliphatic heterocycles. The number of carboxylic acid groups (broad SMARTS) is 2. The molecular formula is C20H22ClN3O5. The molecule has 2 N–H and O–H groups in total. The number of carbonyl (C=O) groups excluding carboxylic acids is 1. The van der Waals surface area contributed by atoms with Gasteiger partial charge in [0, 0.05) is 25.3 Å². The van der Waals surface area contributed by atoms with Crippen molar-refractivity contribution >= 4 is 29.9 Å². The second kappa shape index (κ2) is 8.24. The van der Waals surface area contributed by atoms with Gasteiger partial charge in [0.15, 0.2) is 5.69 Å². The number of hydrogen-bond donors (Lipinski definition) is 2. The Hall–Kier alpha value is -2.87. The monoisotopic (exact) mass is 419 g/mol. The smallest absolute Gasteiger partial charge is 0.312 e. The number of fused-ring (bicyclic) bond motifs is 2. The van der Waals surface area contributed by atoms with Crippen LogP contribution in [-0.2, 0) is 23.1 Å². The number of aliphatic carboxylic acids is 1. The average molecular weight is 420 g/mol. The lowest BCUT2D eigenvalue weighted by molar-refractivity contribution is -0.150. The fourth-order valence-corrected chi connectivity index (χ4v) is 4.93. The molecule has 0 saturated carbocycles. The van der Waals surface area contributed by atoms with Crippen LogP contribution in [0.1, 0.15) is 35.3 Å². The number of amides is 1. The highest BCUT2D eigenvalue weighted by Gasteiger charge is 2.61. The van der Waals surface area contributed by atoms with Gasteiger partial charge < -0.3 is 15.1 Å². The summed E-state index contributed by atoms with van der Waals surface area (Å²) in [7, 11) is 1.71. The number of aromatic nitrogens is 2. The molecule has 9 heteroatoms. The van der Waals surface area contributed by atoms with Crippen LogP contribution in [0.3, 0.4) is 0 Å². The van der Waals surface area contributed by atoms with Crippen molar-refractivity contribution < 1.29 is 24.6 Å². The van der Waals surface area contributed by atoms with Gasteiger partial charge in [-0.05, 0) is 31.2 Å². The van der Waals surface area contributed by atoms with E-state index in [1.165, 1.54) is 4.68 Å². The maximum absolute atomic E-state index is 13.1. The average Bonchev–Trinajstić information content (AvgIpc) is 3.34. The lowest BCUT2D eigenvalue weighted by Gasteiger charge is -2.33. The molecule has 0 spiro atoms. The molecular weight excluding hydrogens is 398 g/mol. The molecule has 1 aromatic heterocycles. The third kappa shape index (κ3) is 3.72. The number of hydrogen-bond acceptors (Lipinski definition) is 4. The van der Waals surface area contributed by atoms with E-state index in [4.69, 9.17) is 21.5 Å². The topological polar surface area (TPSA) is 113 Å². The quantitative estimate of drug-likeness (QED) is 0.736. The molecule has 29 heavy (non-hydrogen) atoms. The highest BCUT2D eigenvalue weighted by molar-refractivity contribution is 6.33. The molecule has 2 saturated heterocycles. The molecule has 2 aromatic rings. The summed E-state index contributed by atoms with van der Waals surface area (Å²) < 4.78 is 1.50. The Kier molecular flexibility index (Phi) is 5.93. The zero-order valence-corrected chi connectivity index (χ0v) is 16.6. The Morgan fingerprint density at radius 2 is 1.97 bits per heavy atom. The van der Waals surface area contributed by atoms with Crippen molar-refractivity contribution in [3.05, 3.63) is 52.8 Å². The number of halogens is 1. The molecule has 0 unspecified atom stereocenters. The fourth-order valence-electron chi connectivity index (χ4n) is 4.67. The van der Waals surface area contributed by atoms with Crippen LogP contribution in [0, 0.1) is 5.41 Å². The predicted octanol–water partition coefficient (Wildman–Crippen LogP) is 2.46. The van der Waals surface area contributed by atoms with Gasteiger partial charge in [-0.25, -0.2) is 0 Å². The summed E-state index contributed by atoms with van der Waals surface area (Å²) in [5.74, 6) is -1.10. The first-order valence-corrected chi connectivity index (χ1v) is 9.59. The molecule has 2 bridgehead atoms. The van der Waals surface area contributed by atoms with Crippen LogP contribution in [-0.4, -0.2) is 55.3 Å². The zero-order chi connectivity index (χ0) is 21.2. The van der Waals surface area contributed by atoms with Crippen LogP contribution >= 0.6 is 11.6 Å². The van der Waals surface area contributed by atoms with Gasteiger partial charge >= 0.3 is 5.97 Å². The fraction of sp³-hybridized carbons (Fsp3) is 0.400. The van der Waals surface area contributed by atoms with Crippen molar-refractivity contribution in [3.63, 3.8) is 0 Å². The van der Waals surface area contributed by atoms with Gasteiger partial charge in [0.2, 0.25) is 0 Å². The van der Waals surface area contributed by atoms with E-state index >= 15 is 0 Å². The first-order chi connectivity index (χ1) is 13.8. The number of aryl methyl sites for hydroxylation is 1. The van der Waals surface area contributed by atoms with E-state index in [0.29, 0.717) is 24.3 Å². The SMILES string of the molecule is Cn1cc(Cl)c(C(=O)N2[C@H]3CC[C@@H]2[C@](Cc2ccccc2)(C(=O)O)C3)n1.O=CO. The minimum atomic E-state index is -0.957. The Labute approximate surface area is 172 Å². The second-order valence-corrected chi connectivity index (χ2v) is 7.80. The summed E-state index contributed by atoms with van der Waals surface area (Å²) in [6.45, 7) is -0.250. The van der Waals surface area contributed by atoms with E-state index in [2.05, 4.69) is 5.10 Å². The lowest BCUT2D eigenvalue weighted by atomic mass is 9.70. The van der Waals surface area contributed by atoms with E-state index in [1.54, 1.807) is 18.1 Å². The predicted molar refractivity (Wildman–Crippen MR) is 105 cm³/mol. The molecule has 8 nitrogen and oxygen atoms in total. The zero-order valence-electron chi connectivity index (χ0n) is 15.9. The van der Waals surface area contributed by atoms with Crippen LogP contribution in [0.5, 0.6) is 0 Å². The lowest BCUT2D eigenvalue weighted by Crippen LogP contribution is -2.46. The standard InChI is InChI=1S/C19H20ClN3O3.CH2O2/c1-22-11-14(20)16(21-22)17(24)23-13-7-8-15(23)19(10-13,18(25)26)9-12-5-3-2-4-6-12;2-1-3/h2-6,11,13,15H,7-10H2,1H3,(H,25,26);1H,(H,2,3)/t13-,15+,19+;/m0./s1. The van der Waals surface area contributed by atoms with Gasteiger partial charge in [0.25, 0.3) is 12.4 Å². The third-order valence-corrected chi connectivity index (χ3v) is 6.03. The van der Waals surface area contributed by atoms with E-state index in [1.807, 2.05) is 30.3 Å². The van der Waals surface area contributed by atoms with Crippen LogP contribution in [0.25, 0.3) is 0 Å². The summed E-state index contributed by atoms with van der Waals surface area (Å²) in [5.41, 5.74) is 0.221. The van der Waals surface area contributed by atoms with E-state index in [0.717, 1.165) is 12.0 Å². The first-order valence-electron chi connectivity index (χ1n) is 9.21. The molecule has 1 amide bonds. The maximum atomic E-state index is 13.1. The van der Waals surface area contributed by atoms with Gasteiger partial charge in [0.1, 0.15) is 0 Å². The Balaban J connectivity index is 0.000000755. The van der Waals surface area contributed by atoms with Crippen molar-refractivity contribution in [1.82, 2.24) is 14.7 Å². The van der Waals surface area contributed by atoms with Crippen LogP contribution in [0.2, 0.25) is 5.02 Å². The minimum absolute atomic E-state index is 0.0783. The summed E-state index contributed by atoms with van der Waals surface area (Å²) >= 11 is 6.15. The highest BCUT2D eigenvalue weighted by Crippen LogP contribution is 2.52. The molecule has 0 aliphatic carbocycles. The molecule has 154 valence electrons. The Morgan fingerprint density at radius 3 is 2.52 bits per heavy atom. The number of nitrogens with zero attached hydrogens (tertiary/aromatic N) is 3. The van der Waals surface area contributed by atoms with Gasteiger partial charge in [-0.15, -0.1) is 0 Å². The van der Waals surface area contributed by atoms with Crippen molar-refractivity contribution in [3.8, 4) is 0 Å². The van der Waals surface area contributed by atoms with Crippen molar-refractivity contribution in [2.45, 2.75) is 37.8 Å².